The summed E-state index contributed by atoms with van der Waals surface area (Å²) in [6, 6.07) is 6.38. The summed E-state index contributed by atoms with van der Waals surface area (Å²) in [4.78, 5) is 9.75. The van der Waals surface area contributed by atoms with Crippen LogP contribution in [0.15, 0.2) is 24.3 Å². The van der Waals surface area contributed by atoms with Crippen molar-refractivity contribution in [2.24, 2.45) is 0 Å². The van der Waals surface area contributed by atoms with Crippen molar-refractivity contribution in [3.63, 3.8) is 0 Å². The van der Waals surface area contributed by atoms with Gasteiger partial charge in [-0.1, -0.05) is 18.2 Å². The third-order valence-electron chi connectivity index (χ3n) is 1.19. The molecule has 1 aromatic rings. The maximum absolute atomic E-state index is 10.2. The molecule has 0 spiro atoms. The molecule has 0 aliphatic carbocycles. The Labute approximate surface area is 75.0 Å². The van der Waals surface area contributed by atoms with Gasteiger partial charge in [-0.2, -0.15) is 0 Å². The maximum Gasteiger partial charge on any atom is 0.272 e. The molecule has 1 rings (SSSR count). The maximum atomic E-state index is 10.2. The molecule has 0 unspecified atom stereocenters. The van der Waals surface area contributed by atoms with Crippen molar-refractivity contribution in [1.29, 1.82) is 0 Å². The second-order valence-corrected chi connectivity index (χ2v) is 1.89. The summed E-state index contributed by atoms with van der Waals surface area (Å²) >= 11 is 0. The summed E-state index contributed by atoms with van der Waals surface area (Å²) in [5.41, 5.74) is 0.523. The standard InChI is InChI=1S/C7H6NO2.BrH/c1-6-4-2-3-5-7(6)8(9)10;/h2-5H,1H2;1H. The molecule has 59 valence electrons. The average Bonchev–Trinajstić information content (AvgIpc) is 1.88. The van der Waals surface area contributed by atoms with E-state index in [1.807, 2.05) is 0 Å². The molecule has 0 saturated carbocycles. The quantitative estimate of drug-likeness (QED) is 0.535. The van der Waals surface area contributed by atoms with Gasteiger partial charge in [0.2, 0.25) is 0 Å². The second-order valence-electron chi connectivity index (χ2n) is 1.89. The molecule has 0 saturated heterocycles. The predicted octanol–water partition coefficient (Wildman–Crippen LogP) is 2.35. The van der Waals surface area contributed by atoms with Crippen molar-refractivity contribution in [1.82, 2.24) is 0 Å². The lowest BCUT2D eigenvalue weighted by Gasteiger charge is -1.92. The lowest BCUT2D eigenvalue weighted by Crippen LogP contribution is -1.89. The van der Waals surface area contributed by atoms with E-state index in [0.29, 0.717) is 5.56 Å². The molecule has 1 aromatic carbocycles. The Morgan fingerprint density at radius 3 is 2.27 bits per heavy atom. The Bertz CT molecular complexity index is 262. The van der Waals surface area contributed by atoms with Gasteiger partial charge in [-0.15, -0.1) is 17.0 Å². The van der Waals surface area contributed by atoms with Gasteiger partial charge in [0.25, 0.3) is 5.69 Å². The number of nitro benzene ring substituents is 1. The average molecular weight is 217 g/mol. The first-order valence-corrected chi connectivity index (χ1v) is 2.77. The highest BCUT2D eigenvalue weighted by molar-refractivity contribution is 8.93. The largest absolute Gasteiger partial charge is 0.272 e. The Morgan fingerprint density at radius 1 is 1.36 bits per heavy atom. The van der Waals surface area contributed by atoms with Crippen molar-refractivity contribution in [2.75, 3.05) is 0 Å². The fourth-order valence-electron chi connectivity index (χ4n) is 0.689. The zero-order chi connectivity index (χ0) is 7.56. The normalized spacial score (nSPS) is 8.45. The molecule has 11 heavy (non-hydrogen) atoms. The van der Waals surface area contributed by atoms with Gasteiger partial charge in [0.15, 0.2) is 0 Å². The van der Waals surface area contributed by atoms with Crippen LogP contribution in [0.25, 0.3) is 0 Å². The molecule has 4 heteroatoms. The number of hydrogen-bond acceptors (Lipinski definition) is 2. The summed E-state index contributed by atoms with van der Waals surface area (Å²) in [5.74, 6) is 0. The lowest BCUT2D eigenvalue weighted by molar-refractivity contribution is -0.385. The topological polar surface area (TPSA) is 43.1 Å². The zero-order valence-corrected chi connectivity index (χ0v) is 7.40. The van der Waals surface area contributed by atoms with E-state index < -0.39 is 4.92 Å². The van der Waals surface area contributed by atoms with Crippen LogP contribution >= 0.6 is 17.0 Å². The molecule has 0 amide bonds. The monoisotopic (exact) mass is 216 g/mol. The van der Waals surface area contributed by atoms with E-state index >= 15 is 0 Å². The number of para-hydroxylation sites is 1. The molecule has 0 aliphatic heterocycles. The van der Waals surface area contributed by atoms with Gasteiger partial charge in [-0.3, -0.25) is 10.1 Å². The third kappa shape index (κ3) is 2.31. The Hall–Kier alpha value is -0.900. The van der Waals surface area contributed by atoms with E-state index in [9.17, 15) is 10.1 Å². The van der Waals surface area contributed by atoms with Gasteiger partial charge in [0.1, 0.15) is 0 Å². The number of nitrogens with zero attached hydrogens (tertiary/aromatic N) is 1. The molecule has 0 bridgehead atoms. The molecule has 1 radical (unpaired) electrons. The number of rotatable bonds is 1. The molecular formula is C7H7BrNO2. The van der Waals surface area contributed by atoms with Gasteiger partial charge in [-0.05, 0) is 6.92 Å². The number of nitro groups is 1. The Kier molecular flexibility index (Phi) is 3.74. The summed E-state index contributed by atoms with van der Waals surface area (Å²) in [6.07, 6.45) is 0. The van der Waals surface area contributed by atoms with Gasteiger partial charge < -0.3 is 0 Å². The van der Waals surface area contributed by atoms with Crippen LogP contribution in [0.5, 0.6) is 0 Å². The highest BCUT2D eigenvalue weighted by Crippen LogP contribution is 2.14. The van der Waals surface area contributed by atoms with E-state index in [1.165, 1.54) is 6.07 Å². The van der Waals surface area contributed by atoms with E-state index in [0.717, 1.165) is 0 Å². The molecule has 0 aliphatic rings. The minimum absolute atomic E-state index is 0. The number of hydrogen-bond donors (Lipinski definition) is 0. The summed E-state index contributed by atoms with van der Waals surface area (Å²) < 4.78 is 0. The molecule has 0 N–H and O–H groups in total. The summed E-state index contributed by atoms with van der Waals surface area (Å²) in [5, 5.41) is 10.2. The molecule has 0 aromatic heterocycles. The van der Waals surface area contributed by atoms with Crippen molar-refractivity contribution in [3.05, 3.63) is 46.9 Å². The van der Waals surface area contributed by atoms with E-state index in [4.69, 9.17) is 0 Å². The first kappa shape index (κ1) is 10.1. The first-order valence-electron chi connectivity index (χ1n) is 2.77. The molecule has 0 fully saturated rings. The van der Waals surface area contributed by atoms with Crippen LogP contribution in [0.1, 0.15) is 5.56 Å². The van der Waals surface area contributed by atoms with Gasteiger partial charge in [0, 0.05) is 11.6 Å². The van der Waals surface area contributed by atoms with E-state index in [2.05, 4.69) is 6.92 Å². The third-order valence-corrected chi connectivity index (χ3v) is 1.19. The van der Waals surface area contributed by atoms with Gasteiger partial charge in [-0.25, -0.2) is 0 Å². The van der Waals surface area contributed by atoms with Crippen molar-refractivity contribution < 1.29 is 4.92 Å². The van der Waals surface area contributed by atoms with Crippen molar-refractivity contribution in [2.45, 2.75) is 0 Å². The highest BCUT2D eigenvalue weighted by atomic mass is 79.9. The molecule has 0 atom stereocenters. The Balaban J connectivity index is 0.000001000. The highest BCUT2D eigenvalue weighted by Gasteiger charge is 2.06. The van der Waals surface area contributed by atoms with E-state index in [1.54, 1.807) is 18.2 Å². The molecule has 0 heterocycles. The minimum atomic E-state index is -0.442. The second kappa shape index (κ2) is 4.08. The fourth-order valence-corrected chi connectivity index (χ4v) is 0.689. The van der Waals surface area contributed by atoms with Gasteiger partial charge >= 0.3 is 0 Å². The summed E-state index contributed by atoms with van der Waals surface area (Å²) in [7, 11) is 0. The molecular weight excluding hydrogens is 210 g/mol. The van der Waals surface area contributed by atoms with Crippen LogP contribution in [-0.4, -0.2) is 4.92 Å². The van der Waals surface area contributed by atoms with Crippen LogP contribution in [-0.2, 0) is 0 Å². The zero-order valence-electron chi connectivity index (χ0n) is 5.69. The van der Waals surface area contributed by atoms with Crippen LogP contribution in [0.3, 0.4) is 0 Å². The lowest BCUT2D eigenvalue weighted by atomic mass is 10.2. The smallest absolute Gasteiger partial charge is 0.258 e. The fraction of sp³-hybridized carbons (Fsp3) is 0. The van der Waals surface area contributed by atoms with E-state index in [-0.39, 0.29) is 22.7 Å². The first-order chi connectivity index (χ1) is 4.72. The SMILES string of the molecule is Br.[CH2]c1ccccc1[N+](=O)[O-]. The van der Waals surface area contributed by atoms with Crippen LogP contribution in [0.4, 0.5) is 5.69 Å². The van der Waals surface area contributed by atoms with Gasteiger partial charge in [0.05, 0.1) is 4.92 Å². The van der Waals surface area contributed by atoms with Crippen molar-refractivity contribution >= 4 is 22.7 Å². The number of benzene rings is 1. The van der Waals surface area contributed by atoms with Crippen LogP contribution in [0, 0.1) is 17.0 Å². The Morgan fingerprint density at radius 2 is 1.91 bits per heavy atom. The van der Waals surface area contributed by atoms with Crippen LogP contribution in [0.2, 0.25) is 0 Å². The number of halogens is 1. The van der Waals surface area contributed by atoms with Crippen molar-refractivity contribution in [3.8, 4) is 0 Å². The van der Waals surface area contributed by atoms with Crippen LogP contribution < -0.4 is 0 Å². The molecule has 3 nitrogen and oxygen atoms in total. The predicted molar refractivity (Wildman–Crippen MR) is 47.9 cm³/mol. The summed E-state index contributed by atoms with van der Waals surface area (Å²) in [6.45, 7) is 3.50. The minimum Gasteiger partial charge on any atom is -0.258 e.